The Bertz CT molecular complexity index is 340. The summed E-state index contributed by atoms with van der Waals surface area (Å²) >= 11 is 0. The molecule has 1 heterocycles. The van der Waals surface area contributed by atoms with Crippen LogP contribution < -0.4 is 5.32 Å². The Labute approximate surface area is 96.3 Å². The van der Waals surface area contributed by atoms with Gasteiger partial charge in [0.1, 0.15) is 0 Å². The zero-order valence-electron chi connectivity index (χ0n) is 9.75. The highest BCUT2D eigenvalue weighted by molar-refractivity contribution is 5.42. The molecule has 16 heavy (non-hydrogen) atoms. The van der Waals surface area contributed by atoms with Crippen molar-refractivity contribution in [1.29, 1.82) is 0 Å². The van der Waals surface area contributed by atoms with E-state index in [1.165, 1.54) is 44.4 Å². The summed E-state index contributed by atoms with van der Waals surface area (Å²) in [5.41, 5.74) is 0.859. The van der Waals surface area contributed by atoms with Crippen molar-refractivity contribution >= 4 is 5.69 Å². The average Bonchev–Trinajstić information content (AvgIpc) is 2.30. The van der Waals surface area contributed by atoms with Gasteiger partial charge in [-0.1, -0.05) is 26.2 Å². The van der Waals surface area contributed by atoms with Gasteiger partial charge >= 0.3 is 0 Å². The van der Waals surface area contributed by atoms with Gasteiger partial charge in [-0.15, -0.1) is 0 Å². The number of nitrogens with zero attached hydrogens (tertiary/aromatic N) is 1. The van der Waals surface area contributed by atoms with E-state index in [2.05, 4.69) is 17.2 Å². The minimum atomic E-state index is -0.408. The number of hydrogen-bond acceptors (Lipinski definition) is 2. The van der Waals surface area contributed by atoms with Crippen LogP contribution in [-0.4, -0.2) is 11.0 Å². The van der Waals surface area contributed by atoms with Crippen molar-refractivity contribution in [3.63, 3.8) is 0 Å². The molecule has 1 fully saturated rings. The van der Waals surface area contributed by atoms with E-state index in [4.69, 9.17) is 0 Å². The van der Waals surface area contributed by atoms with Crippen molar-refractivity contribution < 1.29 is 4.39 Å². The van der Waals surface area contributed by atoms with E-state index in [1.54, 1.807) is 0 Å². The van der Waals surface area contributed by atoms with Gasteiger partial charge in [0.15, 0.2) is 0 Å². The lowest BCUT2D eigenvalue weighted by atomic mass is 9.83. The maximum absolute atomic E-state index is 12.9. The second-order valence-electron chi connectivity index (χ2n) is 4.57. The molecule has 1 saturated carbocycles. The van der Waals surface area contributed by atoms with Crippen LogP contribution in [0.4, 0.5) is 10.1 Å². The molecular weight excluding hydrogens is 203 g/mol. The summed E-state index contributed by atoms with van der Waals surface area (Å²) in [6.45, 7) is 2.23. The first-order chi connectivity index (χ1) is 7.79. The van der Waals surface area contributed by atoms with Gasteiger partial charge in [0.25, 0.3) is 0 Å². The second-order valence-corrected chi connectivity index (χ2v) is 4.57. The van der Waals surface area contributed by atoms with E-state index in [0.29, 0.717) is 6.04 Å². The van der Waals surface area contributed by atoms with E-state index in [0.717, 1.165) is 11.6 Å². The van der Waals surface area contributed by atoms with Crippen LogP contribution in [0, 0.1) is 11.9 Å². The molecule has 0 amide bonds. The molecule has 2 atom stereocenters. The van der Waals surface area contributed by atoms with Crippen molar-refractivity contribution in [2.45, 2.75) is 45.1 Å². The highest BCUT2D eigenvalue weighted by Crippen LogP contribution is 2.29. The van der Waals surface area contributed by atoms with Gasteiger partial charge in [-0.3, -0.25) is 0 Å². The van der Waals surface area contributed by atoms with Gasteiger partial charge in [-0.05, 0) is 24.8 Å². The predicted octanol–water partition coefficient (Wildman–Crippen LogP) is 3.60. The summed E-state index contributed by atoms with van der Waals surface area (Å²) in [4.78, 5) is 3.57. The van der Waals surface area contributed by atoms with Crippen LogP contribution in [0.5, 0.6) is 0 Å². The largest absolute Gasteiger partial charge is 0.382 e. The van der Waals surface area contributed by atoms with Crippen molar-refractivity contribution in [3.05, 3.63) is 24.3 Å². The lowest BCUT2D eigenvalue weighted by Gasteiger charge is -2.32. The fraction of sp³-hybridized carbons (Fsp3) is 0.615. The fourth-order valence-corrected chi connectivity index (χ4v) is 2.59. The fourth-order valence-electron chi connectivity index (χ4n) is 2.59. The molecule has 1 aromatic heterocycles. The third kappa shape index (κ3) is 2.71. The van der Waals surface area contributed by atoms with Crippen LogP contribution in [-0.2, 0) is 0 Å². The number of rotatable bonds is 3. The Kier molecular flexibility index (Phi) is 3.75. The molecule has 2 nitrogen and oxygen atoms in total. The molecule has 88 valence electrons. The van der Waals surface area contributed by atoms with Gasteiger partial charge in [-0.2, -0.15) is 4.39 Å². The molecule has 1 aliphatic rings. The first kappa shape index (κ1) is 11.4. The monoisotopic (exact) mass is 222 g/mol. The molecule has 2 unspecified atom stereocenters. The van der Waals surface area contributed by atoms with E-state index in [-0.39, 0.29) is 0 Å². The van der Waals surface area contributed by atoms with Crippen molar-refractivity contribution in [2.24, 2.45) is 5.92 Å². The van der Waals surface area contributed by atoms with Crippen molar-refractivity contribution in [3.8, 4) is 0 Å². The quantitative estimate of drug-likeness (QED) is 0.790. The van der Waals surface area contributed by atoms with E-state index in [9.17, 15) is 4.39 Å². The summed E-state index contributed by atoms with van der Waals surface area (Å²) in [5, 5.41) is 3.44. The lowest BCUT2D eigenvalue weighted by Crippen LogP contribution is -2.31. The average molecular weight is 222 g/mol. The Hall–Kier alpha value is -1.12. The summed E-state index contributed by atoms with van der Waals surface area (Å²) in [5.74, 6) is 0.318. The molecule has 3 heteroatoms. The summed E-state index contributed by atoms with van der Waals surface area (Å²) in [7, 11) is 0. The Morgan fingerprint density at radius 3 is 3.00 bits per heavy atom. The van der Waals surface area contributed by atoms with Crippen LogP contribution in [0.2, 0.25) is 0 Å². The Balaban J connectivity index is 2.02. The topological polar surface area (TPSA) is 24.9 Å². The number of pyridine rings is 1. The standard InChI is InChI=1S/C13H19FN2/c1-2-10-5-3-4-6-12(10)16-11-7-8-15-13(14)9-11/h7-10,12H,2-6H2,1H3,(H,15,16). The van der Waals surface area contributed by atoms with Crippen LogP contribution in [0.25, 0.3) is 0 Å². The predicted molar refractivity (Wildman–Crippen MR) is 63.9 cm³/mol. The molecule has 1 aromatic rings. The van der Waals surface area contributed by atoms with Gasteiger partial charge in [0, 0.05) is 24.0 Å². The van der Waals surface area contributed by atoms with E-state index < -0.39 is 5.95 Å². The highest BCUT2D eigenvalue weighted by Gasteiger charge is 2.23. The minimum Gasteiger partial charge on any atom is -0.382 e. The highest BCUT2D eigenvalue weighted by atomic mass is 19.1. The molecular formula is C13H19FN2. The zero-order valence-corrected chi connectivity index (χ0v) is 9.75. The molecule has 0 bridgehead atoms. The van der Waals surface area contributed by atoms with Gasteiger partial charge in [-0.25, -0.2) is 4.98 Å². The summed E-state index contributed by atoms with van der Waals surface area (Å²) in [6.07, 6.45) is 7.82. The SMILES string of the molecule is CCC1CCCCC1Nc1ccnc(F)c1. The first-order valence-corrected chi connectivity index (χ1v) is 6.17. The molecule has 0 saturated heterocycles. The zero-order chi connectivity index (χ0) is 11.4. The smallest absolute Gasteiger partial charge is 0.214 e. The number of aromatic nitrogens is 1. The number of hydrogen-bond donors (Lipinski definition) is 1. The molecule has 1 aliphatic carbocycles. The second kappa shape index (κ2) is 5.28. The van der Waals surface area contributed by atoms with Crippen molar-refractivity contribution in [1.82, 2.24) is 4.98 Å². The molecule has 0 radical (unpaired) electrons. The number of halogens is 1. The first-order valence-electron chi connectivity index (χ1n) is 6.17. The van der Waals surface area contributed by atoms with Crippen LogP contribution in [0.15, 0.2) is 18.3 Å². The van der Waals surface area contributed by atoms with Crippen LogP contribution >= 0.6 is 0 Å². The van der Waals surface area contributed by atoms with Crippen molar-refractivity contribution in [2.75, 3.05) is 5.32 Å². The third-order valence-electron chi connectivity index (χ3n) is 3.51. The summed E-state index contributed by atoms with van der Waals surface area (Å²) < 4.78 is 12.9. The Morgan fingerprint density at radius 1 is 1.44 bits per heavy atom. The number of anilines is 1. The van der Waals surface area contributed by atoms with Gasteiger partial charge in [0.2, 0.25) is 5.95 Å². The van der Waals surface area contributed by atoms with Gasteiger partial charge in [0.05, 0.1) is 0 Å². The maximum Gasteiger partial charge on any atom is 0.214 e. The molecule has 2 rings (SSSR count). The molecule has 0 aliphatic heterocycles. The Morgan fingerprint density at radius 2 is 2.25 bits per heavy atom. The molecule has 0 aromatic carbocycles. The maximum atomic E-state index is 12.9. The minimum absolute atomic E-state index is 0.408. The van der Waals surface area contributed by atoms with E-state index >= 15 is 0 Å². The number of nitrogens with one attached hydrogen (secondary N) is 1. The van der Waals surface area contributed by atoms with E-state index in [1.807, 2.05) is 6.07 Å². The van der Waals surface area contributed by atoms with Gasteiger partial charge < -0.3 is 5.32 Å². The normalized spacial score (nSPS) is 25.4. The molecule has 1 N–H and O–H groups in total. The molecule has 0 spiro atoms. The van der Waals surface area contributed by atoms with Crippen LogP contribution in [0.1, 0.15) is 39.0 Å². The lowest BCUT2D eigenvalue weighted by molar-refractivity contribution is 0.317. The third-order valence-corrected chi connectivity index (χ3v) is 3.51. The summed E-state index contributed by atoms with van der Waals surface area (Å²) in [6, 6.07) is 3.81. The van der Waals surface area contributed by atoms with Crippen LogP contribution in [0.3, 0.4) is 0 Å².